The zero-order chi connectivity index (χ0) is 10.6. The fourth-order valence-electron chi connectivity index (χ4n) is 1.30. The average molecular weight is 208 g/mol. The highest BCUT2D eigenvalue weighted by atomic mass is 35.5. The molecule has 0 bridgehead atoms. The molecule has 3 heteroatoms. The second kappa shape index (κ2) is 4.78. The third-order valence-corrected chi connectivity index (χ3v) is 2.31. The molecule has 0 heterocycles. The third-order valence-electron chi connectivity index (χ3n) is 2.01. The molecule has 0 amide bonds. The van der Waals surface area contributed by atoms with Crippen molar-refractivity contribution in [3.63, 3.8) is 0 Å². The van der Waals surface area contributed by atoms with Gasteiger partial charge in [0.25, 0.3) is 0 Å². The van der Waals surface area contributed by atoms with Crippen molar-refractivity contribution < 1.29 is 4.79 Å². The summed E-state index contributed by atoms with van der Waals surface area (Å²) in [6.07, 6.45) is 0.244. The monoisotopic (exact) mass is 207 g/mol. The van der Waals surface area contributed by atoms with Crippen LogP contribution in [0.1, 0.15) is 16.7 Å². The van der Waals surface area contributed by atoms with Crippen molar-refractivity contribution in [2.75, 3.05) is 5.88 Å². The molecule has 0 spiro atoms. The summed E-state index contributed by atoms with van der Waals surface area (Å²) in [5, 5.41) is 8.89. The number of rotatable bonds is 3. The van der Waals surface area contributed by atoms with E-state index in [1.807, 2.05) is 19.1 Å². The van der Waals surface area contributed by atoms with E-state index in [2.05, 4.69) is 6.07 Å². The highest BCUT2D eigenvalue weighted by Gasteiger charge is 2.08. The molecule has 0 atom stereocenters. The molecular formula is C11H10ClNO. The van der Waals surface area contributed by atoms with E-state index in [4.69, 9.17) is 16.9 Å². The van der Waals surface area contributed by atoms with Gasteiger partial charge in [0.15, 0.2) is 5.78 Å². The lowest BCUT2D eigenvalue weighted by atomic mass is 9.99. The molecule has 0 fully saturated rings. The molecule has 0 saturated heterocycles. The number of benzene rings is 1. The summed E-state index contributed by atoms with van der Waals surface area (Å²) in [7, 11) is 0. The van der Waals surface area contributed by atoms with Crippen molar-refractivity contribution in [3.05, 3.63) is 34.9 Å². The molecule has 1 aromatic rings. The Balaban J connectivity index is 3.04. The number of halogens is 1. The summed E-state index contributed by atoms with van der Waals surface area (Å²) in [6.45, 7) is 1.85. The van der Waals surface area contributed by atoms with Crippen LogP contribution in [-0.2, 0) is 11.2 Å². The van der Waals surface area contributed by atoms with Gasteiger partial charge in [0, 0.05) is 6.42 Å². The molecule has 0 aliphatic rings. The van der Waals surface area contributed by atoms with E-state index in [0.29, 0.717) is 5.56 Å². The first-order chi connectivity index (χ1) is 6.69. The molecule has 1 aromatic carbocycles. The van der Waals surface area contributed by atoms with E-state index in [0.717, 1.165) is 11.1 Å². The minimum Gasteiger partial charge on any atom is -0.298 e. The van der Waals surface area contributed by atoms with Crippen molar-refractivity contribution in [2.24, 2.45) is 0 Å². The Bertz CT molecular complexity index is 393. The Morgan fingerprint density at radius 2 is 2.29 bits per heavy atom. The maximum atomic E-state index is 11.1. The summed E-state index contributed by atoms with van der Waals surface area (Å²) < 4.78 is 0. The Morgan fingerprint density at radius 3 is 2.86 bits per heavy atom. The van der Waals surface area contributed by atoms with Crippen LogP contribution in [0, 0.1) is 18.3 Å². The first-order valence-corrected chi connectivity index (χ1v) is 4.78. The van der Waals surface area contributed by atoms with Gasteiger partial charge in [-0.2, -0.15) is 5.26 Å². The van der Waals surface area contributed by atoms with E-state index < -0.39 is 0 Å². The molecule has 0 aromatic heterocycles. The van der Waals surface area contributed by atoms with Crippen LogP contribution in [0.4, 0.5) is 0 Å². The number of hydrogen-bond acceptors (Lipinski definition) is 2. The van der Waals surface area contributed by atoms with Gasteiger partial charge in [0.2, 0.25) is 0 Å². The summed E-state index contributed by atoms with van der Waals surface area (Å²) in [4.78, 5) is 11.1. The van der Waals surface area contributed by atoms with Gasteiger partial charge < -0.3 is 0 Å². The van der Waals surface area contributed by atoms with E-state index in [1.54, 1.807) is 6.07 Å². The summed E-state index contributed by atoms with van der Waals surface area (Å²) in [6, 6.07) is 7.58. The lowest BCUT2D eigenvalue weighted by Gasteiger charge is -2.04. The molecular weight excluding hydrogens is 198 g/mol. The van der Waals surface area contributed by atoms with E-state index in [1.165, 1.54) is 0 Å². The number of hydrogen-bond donors (Lipinski definition) is 0. The Morgan fingerprint density at radius 1 is 1.57 bits per heavy atom. The van der Waals surface area contributed by atoms with Crippen molar-refractivity contribution in [1.82, 2.24) is 0 Å². The van der Waals surface area contributed by atoms with Gasteiger partial charge in [-0.3, -0.25) is 4.79 Å². The molecule has 72 valence electrons. The Hall–Kier alpha value is -1.33. The van der Waals surface area contributed by atoms with Crippen LogP contribution >= 0.6 is 11.6 Å². The predicted octanol–water partition coefficient (Wildman–Crippen LogP) is 2.22. The summed E-state index contributed by atoms with van der Waals surface area (Å²) in [5.74, 6) is -0.0625. The number of Topliss-reactive ketones (excluding diaryl/α,β-unsaturated/α-hetero) is 1. The molecule has 0 saturated carbocycles. The number of nitrogens with zero attached hydrogens (tertiary/aromatic N) is 1. The molecule has 0 unspecified atom stereocenters. The molecule has 0 N–H and O–H groups in total. The first-order valence-electron chi connectivity index (χ1n) is 4.25. The lowest BCUT2D eigenvalue weighted by Crippen LogP contribution is -2.06. The zero-order valence-corrected chi connectivity index (χ0v) is 8.64. The van der Waals surface area contributed by atoms with Gasteiger partial charge >= 0.3 is 0 Å². The van der Waals surface area contributed by atoms with Gasteiger partial charge in [-0.15, -0.1) is 11.6 Å². The Kier molecular flexibility index (Phi) is 3.67. The van der Waals surface area contributed by atoms with Crippen molar-refractivity contribution in [2.45, 2.75) is 13.3 Å². The minimum atomic E-state index is -0.0613. The van der Waals surface area contributed by atoms with Gasteiger partial charge in [-0.1, -0.05) is 18.2 Å². The number of aryl methyl sites for hydroxylation is 1. The normalized spacial score (nSPS) is 9.50. The van der Waals surface area contributed by atoms with E-state index >= 15 is 0 Å². The number of nitriles is 1. The zero-order valence-electron chi connectivity index (χ0n) is 7.88. The highest BCUT2D eigenvalue weighted by molar-refractivity contribution is 6.27. The number of carbonyl (C=O) groups is 1. The van der Waals surface area contributed by atoms with Crippen LogP contribution in [0.15, 0.2) is 18.2 Å². The van der Waals surface area contributed by atoms with Crippen LogP contribution in [0.2, 0.25) is 0 Å². The number of carbonyl (C=O) groups excluding carboxylic acids is 1. The second-order valence-electron chi connectivity index (χ2n) is 3.07. The fraction of sp³-hybridized carbons (Fsp3) is 0.273. The topological polar surface area (TPSA) is 40.9 Å². The smallest absolute Gasteiger partial charge is 0.151 e. The van der Waals surface area contributed by atoms with Crippen molar-refractivity contribution >= 4 is 17.4 Å². The molecule has 2 nitrogen and oxygen atoms in total. The van der Waals surface area contributed by atoms with Crippen LogP contribution in [-0.4, -0.2) is 11.7 Å². The number of ketones is 1. The van der Waals surface area contributed by atoms with E-state index in [9.17, 15) is 4.79 Å². The SMILES string of the molecule is Cc1cccc(CC(=O)CCl)c1C#N. The third kappa shape index (κ3) is 2.34. The molecule has 1 rings (SSSR count). The van der Waals surface area contributed by atoms with Gasteiger partial charge in [-0.05, 0) is 18.1 Å². The highest BCUT2D eigenvalue weighted by Crippen LogP contribution is 2.13. The summed E-state index contributed by atoms with van der Waals surface area (Å²) >= 11 is 5.40. The van der Waals surface area contributed by atoms with Crippen LogP contribution in [0.5, 0.6) is 0 Å². The summed E-state index contributed by atoms with van der Waals surface area (Å²) in [5.41, 5.74) is 2.25. The van der Waals surface area contributed by atoms with Gasteiger partial charge in [-0.25, -0.2) is 0 Å². The first kappa shape index (κ1) is 10.7. The predicted molar refractivity (Wildman–Crippen MR) is 55.3 cm³/mol. The lowest BCUT2D eigenvalue weighted by molar-refractivity contribution is -0.116. The van der Waals surface area contributed by atoms with E-state index in [-0.39, 0.29) is 18.1 Å². The molecule has 0 aliphatic carbocycles. The average Bonchev–Trinajstić information content (AvgIpc) is 2.18. The van der Waals surface area contributed by atoms with Crippen LogP contribution in [0.3, 0.4) is 0 Å². The number of alkyl halides is 1. The molecule has 0 radical (unpaired) electrons. The standard InChI is InChI=1S/C11H10ClNO/c1-8-3-2-4-9(11(8)7-13)5-10(14)6-12/h2-4H,5-6H2,1H3. The molecule has 14 heavy (non-hydrogen) atoms. The van der Waals surface area contributed by atoms with Gasteiger partial charge in [0.1, 0.15) is 0 Å². The minimum absolute atomic E-state index is 0.00118. The molecule has 0 aliphatic heterocycles. The second-order valence-corrected chi connectivity index (χ2v) is 3.34. The van der Waals surface area contributed by atoms with Crippen molar-refractivity contribution in [3.8, 4) is 6.07 Å². The maximum absolute atomic E-state index is 11.1. The largest absolute Gasteiger partial charge is 0.298 e. The van der Waals surface area contributed by atoms with Crippen molar-refractivity contribution in [1.29, 1.82) is 5.26 Å². The Labute approximate surface area is 88.1 Å². The maximum Gasteiger partial charge on any atom is 0.151 e. The van der Waals surface area contributed by atoms with Gasteiger partial charge in [0.05, 0.1) is 17.5 Å². The van der Waals surface area contributed by atoms with Crippen LogP contribution in [0.25, 0.3) is 0 Å². The quantitative estimate of drug-likeness (QED) is 0.714. The van der Waals surface area contributed by atoms with Crippen LogP contribution < -0.4 is 0 Å². The fourth-order valence-corrected chi connectivity index (χ4v) is 1.39.